The van der Waals surface area contributed by atoms with Gasteiger partial charge >= 0.3 is 18.5 Å². The normalized spacial score (nSPS) is 16.8. The van der Waals surface area contributed by atoms with Gasteiger partial charge in [0.2, 0.25) is 0 Å². The summed E-state index contributed by atoms with van der Waals surface area (Å²) in [6.45, 7) is 0.0613. The van der Waals surface area contributed by atoms with E-state index in [0.29, 0.717) is 0 Å². The summed E-state index contributed by atoms with van der Waals surface area (Å²) in [5.41, 5.74) is -13.1. The molecule has 0 saturated heterocycles. The third kappa shape index (κ3) is 3.11. The maximum Gasteiger partial charge on any atom is 0.430 e. The lowest BCUT2D eigenvalue weighted by atomic mass is 9.86. The van der Waals surface area contributed by atoms with Gasteiger partial charge in [0.1, 0.15) is 5.75 Å². The molecule has 1 aromatic rings. The minimum Gasteiger partial charge on any atom is -0.508 e. The van der Waals surface area contributed by atoms with Gasteiger partial charge in [0, 0.05) is 5.56 Å². The largest absolute Gasteiger partial charge is 0.508 e. The molecule has 0 amide bonds. The third-order valence-corrected chi connectivity index (χ3v) is 3.27. The zero-order valence-corrected chi connectivity index (χ0v) is 11.5. The van der Waals surface area contributed by atoms with Crippen molar-refractivity contribution in [3.8, 4) is 5.75 Å². The van der Waals surface area contributed by atoms with Gasteiger partial charge in [-0.3, -0.25) is 0 Å². The highest BCUT2D eigenvalue weighted by molar-refractivity contribution is 5.41. The molecule has 1 unspecified atom stereocenters. The van der Waals surface area contributed by atoms with Gasteiger partial charge in [-0.05, 0) is 30.7 Å². The van der Waals surface area contributed by atoms with Crippen molar-refractivity contribution >= 4 is 0 Å². The summed E-state index contributed by atoms with van der Waals surface area (Å²) < 4.78 is 115. The first-order valence-electron chi connectivity index (χ1n) is 5.85. The van der Waals surface area contributed by atoms with Crippen LogP contribution in [-0.4, -0.2) is 33.8 Å². The minimum atomic E-state index is -6.36. The number of phenolic OH excluding ortho intramolecular Hbond substituents is 1. The highest BCUT2D eigenvalue weighted by atomic mass is 19.4. The first kappa shape index (κ1) is 20.4. The molecule has 0 bridgehead atoms. The van der Waals surface area contributed by atoms with Gasteiger partial charge < -0.3 is 15.3 Å². The van der Waals surface area contributed by atoms with Crippen LogP contribution in [0.4, 0.5) is 39.5 Å². The zero-order valence-electron chi connectivity index (χ0n) is 11.5. The van der Waals surface area contributed by atoms with Crippen LogP contribution in [0.2, 0.25) is 0 Å². The van der Waals surface area contributed by atoms with E-state index in [0.717, 1.165) is 0 Å². The number of halogens is 9. The number of hydrogen-bond donors (Lipinski definition) is 3. The van der Waals surface area contributed by atoms with Crippen LogP contribution >= 0.6 is 0 Å². The number of hydrogen-bond acceptors (Lipinski definition) is 3. The molecule has 0 spiro atoms. The molecule has 0 heterocycles. The predicted molar refractivity (Wildman–Crippen MR) is 59.7 cm³/mol. The van der Waals surface area contributed by atoms with Crippen molar-refractivity contribution in [3.05, 3.63) is 29.3 Å². The van der Waals surface area contributed by atoms with E-state index in [-0.39, 0.29) is 25.1 Å². The molecule has 3 nitrogen and oxygen atoms in total. The molecule has 0 aliphatic heterocycles. The van der Waals surface area contributed by atoms with Crippen LogP contribution in [0.25, 0.3) is 0 Å². The topological polar surface area (TPSA) is 60.7 Å². The van der Waals surface area contributed by atoms with Gasteiger partial charge in [-0.1, -0.05) is 0 Å². The lowest BCUT2D eigenvalue weighted by Gasteiger charge is -2.34. The van der Waals surface area contributed by atoms with Gasteiger partial charge in [0.25, 0.3) is 5.60 Å². The molecular formula is C12H9F9O3. The Morgan fingerprint density at radius 3 is 1.38 bits per heavy atom. The molecular weight excluding hydrogens is 363 g/mol. The molecule has 0 aliphatic rings. The lowest BCUT2D eigenvalue weighted by Crippen LogP contribution is -2.54. The van der Waals surface area contributed by atoms with Crippen LogP contribution in [0, 0.1) is 0 Å². The second kappa shape index (κ2) is 5.41. The highest BCUT2D eigenvalue weighted by Gasteiger charge is 2.71. The fourth-order valence-electron chi connectivity index (χ4n) is 1.75. The smallest absolute Gasteiger partial charge is 0.430 e. The van der Waals surface area contributed by atoms with Crippen LogP contribution in [0.15, 0.2) is 18.2 Å². The number of alkyl halides is 9. The van der Waals surface area contributed by atoms with E-state index in [4.69, 9.17) is 5.11 Å². The number of benzene rings is 1. The van der Waals surface area contributed by atoms with Crippen LogP contribution in [0.3, 0.4) is 0 Å². The van der Waals surface area contributed by atoms with Crippen molar-refractivity contribution in [2.24, 2.45) is 0 Å². The SMILES string of the molecule is CC(O)(c1cc(O)cc(C(O)(C(F)(F)F)C(F)(F)F)c1)C(F)(F)F. The van der Waals surface area contributed by atoms with Gasteiger partial charge in [-0.2, -0.15) is 39.5 Å². The van der Waals surface area contributed by atoms with E-state index < -0.39 is 46.6 Å². The molecule has 0 aromatic heterocycles. The molecule has 0 aliphatic carbocycles. The molecule has 12 heteroatoms. The Bertz CT molecular complexity index is 600. The van der Waals surface area contributed by atoms with Gasteiger partial charge in [0.15, 0.2) is 5.60 Å². The van der Waals surface area contributed by atoms with Crippen molar-refractivity contribution in [2.45, 2.75) is 36.7 Å². The van der Waals surface area contributed by atoms with Crippen molar-refractivity contribution in [1.29, 1.82) is 0 Å². The van der Waals surface area contributed by atoms with E-state index in [1.807, 2.05) is 0 Å². The van der Waals surface area contributed by atoms with Crippen LogP contribution in [0.1, 0.15) is 18.1 Å². The quantitative estimate of drug-likeness (QED) is 0.697. The summed E-state index contributed by atoms with van der Waals surface area (Å²) in [4.78, 5) is 0. The summed E-state index contributed by atoms with van der Waals surface area (Å²) >= 11 is 0. The van der Waals surface area contributed by atoms with Crippen LogP contribution < -0.4 is 0 Å². The molecule has 3 N–H and O–H groups in total. The lowest BCUT2D eigenvalue weighted by molar-refractivity contribution is -0.376. The summed E-state index contributed by atoms with van der Waals surface area (Å²) in [5, 5.41) is 27.7. The second-order valence-electron chi connectivity index (χ2n) is 5.04. The molecule has 0 radical (unpaired) electrons. The van der Waals surface area contributed by atoms with Crippen molar-refractivity contribution in [1.82, 2.24) is 0 Å². The summed E-state index contributed by atoms with van der Waals surface area (Å²) in [6, 6.07) is -0.394. The Kier molecular flexibility index (Phi) is 4.59. The average molecular weight is 372 g/mol. The van der Waals surface area contributed by atoms with Gasteiger partial charge in [-0.25, -0.2) is 0 Å². The Morgan fingerprint density at radius 1 is 0.667 bits per heavy atom. The monoisotopic (exact) mass is 372 g/mol. The van der Waals surface area contributed by atoms with E-state index in [9.17, 15) is 49.7 Å². The van der Waals surface area contributed by atoms with Crippen molar-refractivity contribution in [3.63, 3.8) is 0 Å². The van der Waals surface area contributed by atoms with Crippen molar-refractivity contribution < 1.29 is 54.8 Å². The number of aliphatic hydroxyl groups is 2. The molecule has 24 heavy (non-hydrogen) atoms. The average Bonchev–Trinajstić information content (AvgIpc) is 2.32. The number of phenols is 1. The summed E-state index contributed by atoms with van der Waals surface area (Å²) in [5.74, 6) is -1.45. The number of rotatable bonds is 2. The van der Waals surface area contributed by atoms with Gasteiger partial charge in [0.05, 0.1) is 0 Å². The Morgan fingerprint density at radius 2 is 1.04 bits per heavy atom. The summed E-state index contributed by atoms with van der Waals surface area (Å²) in [7, 11) is 0. The maximum atomic E-state index is 12.7. The molecule has 0 fully saturated rings. The van der Waals surface area contributed by atoms with Crippen LogP contribution in [0.5, 0.6) is 5.75 Å². The zero-order chi connectivity index (χ0) is 19.4. The minimum absolute atomic E-state index is 0.0613. The molecule has 1 rings (SSSR count). The number of aromatic hydroxyl groups is 1. The first-order valence-corrected chi connectivity index (χ1v) is 5.85. The summed E-state index contributed by atoms with van der Waals surface area (Å²) in [6.07, 6.45) is -18.2. The third-order valence-electron chi connectivity index (χ3n) is 3.27. The Hall–Kier alpha value is -1.69. The Labute approximate surface area is 127 Å². The molecule has 0 saturated carbocycles. The van der Waals surface area contributed by atoms with E-state index in [1.165, 1.54) is 0 Å². The standard InChI is InChI=1S/C12H9F9O3/c1-8(23,10(13,14)15)5-2-6(4-7(22)3-5)9(24,11(16,17)18)12(19,20)21/h2-4,22-24H,1H3. The predicted octanol–water partition coefficient (Wildman–Crippen LogP) is 3.47. The van der Waals surface area contributed by atoms with E-state index in [2.05, 4.69) is 0 Å². The van der Waals surface area contributed by atoms with E-state index in [1.54, 1.807) is 0 Å². The molecule has 1 atom stereocenters. The van der Waals surface area contributed by atoms with Crippen LogP contribution in [-0.2, 0) is 11.2 Å². The highest BCUT2D eigenvalue weighted by Crippen LogP contribution is 2.51. The maximum absolute atomic E-state index is 12.7. The second-order valence-corrected chi connectivity index (χ2v) is 5.04. The van der Waals surface area contributed by atoms with E-state index >= 15 is 0 Å². The fourth-order valence-corrected chi connectivity index (χ4v) is 1.75. The van der Waals surface area contributed by atoms with Crippen molar-refractivity contribution in [2.75, 3.05) is 0 Å². The Balaban J connectivity index is 3.74. The molecule has 1 aromatic carbocycles. The first-order chi connectivity index (χ1) is 10.4. The van der Waals surface area contributed by atoms with Gasteiger partial charge in [-0.15, -0.1) is 0 Å². The molecule has 138 valence electrons. The fraction of sp³-hybridized carbons (Fsp3) is 0.500.